The molecule has 144 valence electrons. The van der Waals surface area contributed by atoms with Gasteiger partial charge in [0.05, 0.1) is 18.4 Å². The van der Waals surface area contributed by atoms with Gasteiger partial charge in [-0.05, 0) is 37.1 Å². The first-order valence-electron chi connectivity index (χ1n) is 9.49. The van der Waals surface area contributed by atoms with Crippen molar-refractivity contribution in [3.8, 4) is 0 Å². The largest absolute Gasteiger partial charge is 0.467 e. The molecule has 27 heavy (non-hydrogen) atoms. The molecule has 1 aliphatic rings. The van der Waals surface area contributed by atoms with Crippen LogP contribution in [0.4, 0.5) is 5.69 Å². The number of anilines is 1. The Labute approximate surface area is 159 Å². The van der Waals surface area contributed by atoms with E-state index in [1.807, 2.05) is 44.2 Å². The monoisotopic (exact) mass is 369 g/mol. The van der Waals surface area contributed by atoms with Crippen LogP contribution in [0.15, 0.2) is 47.1 Å². The molecule has 6 nitrogen and oxygen atoms in total. The van der Waals surface area contributed by atoms with E-state index >= 15 is 0 Å². The van der Waals surface area contributed by atoms with Gasteiger partial charge in [-0.3, -0.25) is 9.59 Å². The van der Waals surface area contributed by atoms with Gasteiger partial charge in [-0.25, -0.2) is 0 Å². The van der Waals surface area contributed by atoms with Gasteiger partial charge in [0.25, 0.3) is 5.91 Å². The van der Waals surface area contributed by atoms with Crippen molar-refractivity contribution in [1.29, 1.82) is 0 Å². The van der Waals surface area contributed by atoms with Crippen molar-refractivity contribution in [3.05, 3.63) is 54.0 Å². The van der Waals surface area contributed by atoms with Gasteiger partial charge in [-0.2, -0.15) is 0 Å². The third-order valence-electron chi connectivity index (χ3n) is 4.86. The van der Waals surface area contributed by atoms with E-state index < -0.39 is 0 Å². The van der Waals surface area contributed by atoms with E-state index in [0.717, 1.165) is 37.4 Å². The summed E-state index contributed by atoms with van der Waals surface area (Å²) >= 11 is 0. The average molecular weight is 369 g/mol. The highest BCUT2D eigenvalue weighted by molar-refractivity contribution is 5.99. The van der Waals surface area contributed by atoms with Crippen molar-refractivity contribution in [2.24, 2.45) is 5.92 Å². The second-order valence-electron chi connectivity index (χ2n) is 7.20. The van der Waals surface area contributed by atoms with E-state index in [2.05, 4.69) is 15.5 Å². The third-order valence-corrected chi connectivity index (χ3v) is 4.86. The Balaban J connectivity index is 1.61. The lowest BCUT2D eigenvalue weighted by atomic mass is 10.0. The Bertz CT molecular complexity index is 763. The number of carbonyl (C=O) groups excluding carboxylic acids is 2. The van der Waals surface area contributed by atoms with Crippen molar-refractivity contribution >= 4 is 17.5 Å². The zero-order chi connectivity index (χ0) is 19.2. The Kier molecular flexibility index (Phi) is 6.16. The normalized spacial score (nSPS) is 15.0. The number of furan rings is 1. The van der Waals surface area contributed by atoms with Gasteiger partial charge in [-0.15, -0.1) is 0 Å². The summed E-state index contributed by atoms with van der Waals surface area (Å²) < 4.78 is 5.27. The number of carbonyl (C=O) groups is 2. The summed E-state index contributed by atoms with van der Waals surface area (Å²) in [4.78, 5) is 26.8. The van der Waals surface area contributed by atoms with Crippen LogP contribution in [0.25, 0.3) is 0 Å². The molecular formula is C21H27N3O3. The summed E-state index contributed by atoms with van der Waals surface area (Å²) in [6, 6.07) is 11.5. The molecular weight excluding hydrogens is 342 g/mol. The van der Waals surface area contributed by atoms with Crippen molar-refractivity contribution in [2.75, 3.05) is 18.0 Å². The SMILES string of the molecule is CC(C)C(=O)NC1CCN(c2ccccc2C(=O)NCc2ccco2)CC1. The minimum Gasteiger partial charge on any atom is -0.467 e. The number of piperidine rings is 1. The second-order valence-corrected chi connectivity index (χ2v) is 7.20. The lowest BCUT2D eigenvalue weighted by Crippen LogP contribution is -2.46. The summed E-state index contributed by atoms with van der Waals surface area (Å²) in [5.74, 6) is 0.715. The van der Waals surface area contributed by atoms with Crippen LogP contribution >= 0.6 is 0 Å². The van der Waals surface area contributed by atoms with E-state index in [0.29, 0.717) is 12.1 Å². The Morgan fingerprint density at radius 1 is 1.15 bits per heavy atom. The minimum atomic E-state index is -0.114. The van der Waals surface area contributed by atoms with Gasteiger partial charge in [-0.1, -0.05) is 26.0 Å². The van der Waals surface area contributed by atoms with E-state index in [1.54, 1.807) is 12.3 Å². The van der Waals surface area contributed by atoms with Crippen LogP contribution in [0.1, 0.15) is 42.8 Å². The molecule has 0 radical (unpaired) electrons. The highest BCUT2D eigenvalue weighted by atomic mass is 16.3. The molecule has 6 heteroatoms. The fraction of sp³-hybridized carbons (Fsp3) is 0.429. The maximum atomic E-state index is 12.7. The lowest BCUT2D eigenvalue weighted by Gasteiger charge is -2.35. The first kappa shape index (κ1) is 19.0. The molecule has 0 saturated carbocycles. The van der Waals surface area contributed by atoms with E-state index in [9.17, 15) is 9.59 Å². The van der Waals surface area contributed by atoms with E-state index in [4.69, 9.17) is 4.42 Å². The lowest BCUT2D eigenvalue weighted by molar-refractivity contribution is -0.124. The van der Waals surface area contributed by atoms with Crippen LogP contribution in [-0.4, -0.2) is 30.9 Å². The molecule has 0 unspecified atom stereocenters. The summed E-state index contributed by atoms with van der Waals surface area (Å²) in [6.45, 7) is 5.80. The number of nitrogens with zero attached hydrogens (tertiary/aromatic N) is 1. The van der Waals surface area contributed by atoms with Gasteiger partial charge in [0.15, 0.2) is 0 Å². The number of benzene rings is 1. The number of nitrogens with one attached hydrogen (secondary N) is 2. The average Bonchev–Trinajstić information content (AvgIpc) is 3.20. The van der Waals surface area contributed by atoms with Crippen LogP contribution in [0, 0.1) is 5.92 Å². The predicted octanol–water partition coefficient (Wildman–Crippen LogP) is 2.95. The maximum Gasteiger partial charge on any atom is 0.253 e. The molecule has 1 aromatic carbocycles. The maximum absolute atomic E-state index is 12.7. The topological polar surface area (TPSA) is 74.6 Å². The minimum absolute atomic E-state index is 0.00149. The molecule has 1 fully saturated rings. The Morgan fingerprint density at radius 2 is 1.89 bits per heavy atom. The summed E-state index contributed by atoms with van der Waals surface area (Å²) in [5, 5.41) is 6.02. The smallest absolute Gasteiger partial charge is 0.253 e. The molecule has 2 N–H and O–H groups in total. The molecule has 2 aromatic rings. The van der Waals surface area contributed by atoms with Gasteiger partial charge in [0.1, 0.15) is 5.76 Å². The fourth-order valence-corrected chi connectivity index (χ4v) is 3.25. The van der Waals surface area contributed by atoms with E-state index in [-0.39, 0.29) is 23.8 Å². The first-order chi connectivity index (χ1) is 13.0. The number of rotatable bonds is 6. The number of hydrogen-bond acceptors (Lipinski definition) is 4. The first-order valence-corrected chi connectivity index (χ1v) is 9.49. The molecule has 3 rings (SSSR count). The van der Waals surface area contributed by atoms with Gasteiger partial charge in [0, 0.05) is 30.7 Å². The van der Waals surface area contributed by atoms with Crippen LogP contribution < -0.4 is 15.5 Å². The van der Waals surface area contributed by atoms with Crippen molar-refractivity contribution in [2.45, 2.75) is 39.3 Å². The fourth-order valence-electron chi connectivity index (χ4n) is 3.25. The molecule has 0 bridgehead atoms. The van der Waals surface area contributed by atoms with Crippen LogP contribution in [-0.2, 0) is 11.3 Å². The van der Waals surface area contributed by atoms with Gasteiger partial charge in [0.2, 0.25) is 5.91 Å². The number of amides is 2. The zero-order valence-corrected chi connectivity index (χ0v) is 15.9. The van der Waals surface area contributed by atoms with Gasteiger partial charge >= 0.3 is 0 Å². The zero-order valence-electron chi connectivity index (χ0n) is 15.9. The molecule has 1 saturated heterocycles. The summed E-state index contributed by atoms with van der Waals surface area (Å²) in [6.07, 6.45) is 3.35. The van der Waals surface area contributed by atoms with Crippen LogP contribution in [0.3, 0.4) is 0 Å². The van der Waals surface area contributed by atoms with Crippen molar-refractivity contribution in [1.82, 2.24) is 10.6 Å². The summed E-state index contributed by atoms with van der Waals surface area (Å²) in [5.41, 5.74) is 1.59. The summed E-state index contributed by atoms with van der Waals surface area (Å²) in [7, 11) is 0. The third kappa shape index (κ3) is 4.90. The molecule has 0 spiro atoms. The number of hydrogen-bond donors (Lipinski definition) is 2. The Morgan fingerprint density at radius 3 is 2.56 bits per heavy atom. The predicted molar refractivity (Wildman–Crippen MR) is 105 cm³/mol. The molecule has 1 aliphatic heterocycles. The molecule has 2 amide bonds. The van der Waals surface area contributed by atoms with Crippen LogP contribution in [0.5, 0.6) is 0 Å². The van der Waals surface area contributed by atoms with Crippen molar-refractivity contribution in [3.63, 3.8) is 0 Å². The second kappa shape index (κ2) is 8.75. The molecule has 1 aromatic heterocycles. The van der Waals surface area contributed by atoms with Crippen molar-refractivity contribution < 1.29 is 14.0 Å². The van der Waals surface area contributed by atoms with E-state index in [1.165, 1.54) is 0 Å². The quantitative estimate of drug-likeness (QED) is 0.821. The highest BCUT2D eigenvalue weighted by Gasteiger charge is 2.24. The molecule has 0 aliphatic carbocycles. The highest BCUT2D eigenvalue weighted by Crippen LogP contribution is 2.24. The molecule has 2 heterocycles. The molecule has 0 atom stereocenters. The standard InChI is InChI=1S/C21H27N3O3/c1-15(2)20(25)23-16-9-11-24(12-10-16)19-8-4-3-7-18(19)21(26)22-14-17-6-5-13-27-17/h3-8,13,15-16H,9-12,14H2,1-2H3,(H,22,26)(H,23,25). The van der Waals surface area contributed by atoms with Crippen LogP contribution in [0.2, 0.25) is 0 Å². The Hall–Kier alpha value is -2.76. The number of para-hydroxylation sites is 1. The van der Waals surface area contributed by atoms with Gasteiger partial charge < -0.3 is 20.0 Å².